The monoisotopic (exact) mass is 371 g/mol. The number of carbonyl (C=O) groups is 1. The Bertz CT molecular complexity index is 765. The molecular weight excluding hydrogens is 348 g/mol. The molecular formula is C20H23N2OS2+. The smallest absolute Gasteiger partial charge is 0.275 e. The van der Waals surface area contributed by atoms with Gasteiger partial charge >= 0.3 is 0 Å². The number of quaternary nitrogens is 1. The lowest BCUT2D eigenvalue weighted by Gasteiger charge is -2.15. The van der Waals surface area contributed by atoms with Crippen LogP contribution in [0.5, 0.6) is 0 Å². The molecule has 2 aromatic heterocycles. The molecule has 3 N–H and O–H groups in total. The molecule has 0 radical (unpaired) electrons. The van der Waals surface area contributed by atoms with Gasteiger partial charge in [-0.25, -0.2) is 0 Å². The van der Waals surface area contributed by atoms with E-state index in [0.717, 1.165) is 6.42 Å². The third-order valence-electron chi connectivity index (χ3n) is 4.10. The molecule has 3 rings (SSSR count). The summed E-state index contributed by atoms with van der Waals surface area (Å²) in [6, 6.07) is 17.1. The highest BCUT2D eigenvalue weighted by atomic mass is 32.1. The number of thiophene rings is 2. The Morgan fingerprint density at radius 2 is 1.84 bits per heavy atom. The molecule has 0 saturated heterocycles. The lowest BCUT2D eigenvalue weighted by atomic mass is 10.0. The van der Waals surface area contributed by atoms with Crippen molar-refractivity contribution in [3.8, 4) is 0 Å². The van der Waals surface area contributed by atoms with E-state index in [0.29, 0.717) is 13.1 Å². The van der Waals surface area contributed by atoms with Gasteiger partial charge < -0.3 is 10.6 Å². The van der Waals surface area contributed by atoms with Crippen LogP contribution in [0.1, 0.15) is 26.9 Å². The largest absolute Gasteiger partial charge is 0.351 e. The van der Waals surface area contributed by atoms with Crippen LogP contribution in [-0.2, 0) is 11.2 Å². The van der Waals surface area contributed by atoms with Crippen molar-refractivity contribution >= 4 is 28.6 Å². The van der Waals surface area contributed by atoms with E-state index in [1.807, 2.05) is 6.07 Å². The summed E-state index contributed by atoms with van der Waals surface area (Å²) < 4.78 is 0. The second-order valence-corrected chi connectivity index (χ2v) is 8.03. The number of hydrogen-bond acceptors (Lipinski definition) is 3. The Labute approximate surface area is 156 Å². The van der Waals surface area contributed by atoms with Gasteiger partial charge in [0.2, 0.25) is 0 Å². The van der Waals surface area contributed by atoms with Crippen LogP contribution in [0, 0.1) is 6.92 Å². The minimum Gasteiger partial charge on any atom is -0.351 e. The quantitative estimate of drug-likeness (QED) is 0.628. The second-order valence-electron chi connectivity index (χ2n) is 6.02. The van der Waals surface area contributed by atoms with E-state index in [9.17, 15) is 4.79 Å². The summed E-state index contributed by atoms with van der Waals surface area (Å²) in [6.07, 6.45) is 0.899. The fraction of sp³-hybridized carbons (Fsp3) is 0.250. The standard InChI is InChI=1S/C20H22N2OS2/c1-15-6-8-16(9-7-15)20(18-5-3-13-25-18)22-14-19(23)21-11-10-17-4-2-12-24-17/h2-9,12-13,20,22H,10-11,14H2,1H3,(H,21,23)/p+1/t20-/m0/s1. The van der Waals surface area contributed by atoms with Crippen LogP contribution in [0.15, 0.2) is 59.3 Å². The van der Waals surface area contributed by atoms with Crippen LogP contribution < -0.4 is 10.6 Å². The molecule has 1 amide bonds. The first-order chi connectivity index (χ1) is 12.2. The number of carbonyl (C=O) groups excluding carboxylic acids is 1. The molecule has 1 aromatic carbocycles. The molecule has 3 aromatic rings. The van der Waals surface area contributed by atoms with Crippen LogP contribution in [-0.4, -0.2) is 19.0 Å². The van der Waals surface area contributed by atoms with Gasteiger partial charge in [0.15, 0.2) is 6.54 Å². The number of aryl methyl sites for hydroxylation is 1. The first-order valence-corrected chi connectivity index (χ1v) is 10.2. The average Bonchev–Trinajstić information content (AvgIpc) is 3.30. The topological polar surface area (TPSA) is 45.7 Å². The molecule has 5 heteroatoms. The van der Waals surface area contributed by atoms with Gasteiger partial charge in [0.25, 0.3) is 5.91 Å². The molecule has 0 aliphatic rings. The van der Waals surface area contributed by atoms with E-state index in [2.05, 4.69) is 70.8 Å². The maximum Gasteiger partial charge on any atom is 0.275 e. The van der Waals surface area contributed by atoms with E-state index < -0.39 is 0 Å². The highest BCUT2D eigenvalue weighted by Gasteiger charge is 2.19. The molecule has 25 heavy (non-hydrogen) atoms. The Morgan fingerprint density at radius 3 is 2.52 bits per heavy atom. The Morgan fingerprint density at radius 1 is 1.08 bits per heavy atom. The zero-order chi connectivity index (χ0) is 17.5. The highest BCUT2D eigenvalue weighted by Crippen LogP contribution is 2.22. The van der Waals surface area contributed by atoms with Crippen molar-refractivity contribution in [2.75, 3.05) is 13.1 Å². The minimum atomic E-state index is 0.0882. The Hall–Kier alpha value is -1.95. The SMILES string of the molecule is Cc1ccc([C@H]([NH2+]CC(=O)NCCc2cccs2)c2cccs2)cc1. The molecule has 1 atom stereocenters. The molecule has 0 fully saturated rings. The Balaban J connectivity index is 1.55. The molecule has 3 nitrogen and oxygen atoms in total. The predicted octanol–water partition coefficient (Wildman–Crippen LogP) is 3.13. The molecule has 130 valence electrons. The number of nitrogens with two attached hydrogens (primary N) is 1. The number of nitrogens with one attached hydrogen (secondary N) is 1. The van der Waals surface area contributed by atoms with Crippen LogP contribution in [0.3, 0.4) is 0 Å². The van der Waals surface area contributed by atoms with Crippen molar-refractivity contribution in [2.45, 2.75) is 19.4 Å². The maximum atomic E-state index is 12.2. The summed E-state index contributed by atoms with van der Waals surface area (Å²) in [5, 5.41) is 9.30. The molecule has 2 heterocycles. The third kappa shape index (κ3) is 5.26. The lowest BCUT2D eigenvalue weighted by molar-refractivity contribution is -0.676. The zero-order valence-corrected chi connectivity index (χ0v) is 15.9. The molecule has 0 aliphatic carbocycles. The van der Waals surface area contributed by atoms with E-state index in [4.69, 9.17) is 0 Å². The number of benzene rings is 1. The first-order valence-electron chi connectivity index (χ1n) is 8.45. The summed E-state index contributed by atoms with van der Waals surface area (Å²) in [7, 11) is 0. The minimum absolute atomic E-state index is 0.0882. The summed E-state index contributed by atoms with van der Waals surface area (Å²) in [6.45, 7) is 3.22. The van der Waals surface area contributed by atoms with E-state index in [1.165, 1.54) is 20.9 Å². The van der Waals surface area contributed by atoms with Gasteiger partial charge in [0.05, 0.1) is 4.88 Å². The van der Waals surface area contributed by atoms with Crippen molar-refractivity contribution in [2.24, 2.45) is 0 Å². The molecule has 0 spiro atoms. The van der Waals surface area contributed by atoms with Gasteiger partial charge in [-0.3, -0.25) is 4.79 Å². The van der Waals surface area contributed by atoms with Crippen molar-refractivity contribution < 1.29 is 10.1 Å². The van der Waals surface area contributed by atoms with Crippen LogP contribution in [0.2, 0.25) is 0 Å². The highest BCUT2D eigenvalue weighted by molar-refractivity contribution is 7.10. The molecule has 0 unspecified atom stereocenters. The second kappa shape index (κ2) is 8.94. The summed E-state index contributed by atoms with van der Waals surface area (Å²) >= 11 is 3.47. The van der Waals surface area contributed by atoms with Crippen molar-refractivity contribution in [1.29, 1.82) is 0 Å². The van der Waals surface area contributed by atoms with Gasteiger partial charge in [-0.05, 0) is 36.2 Å². The molecule has 0 aliphatic heterocycles. The number of amides is 1. The summed E-state index contributed by atoms with van der Waals surface area (Å²) in [4.78, 5) is 14.8. The lowest BCUT2D eigenvalue weighted by Crippen LogP contribution is -2.87. The molecule has 0 bridgehead atoms. The van der Waals surface area contributed by atoms with E-state index in [1.54, 1.807) is 22.7 Å². The van der Waals surface area contributed by atoms with Crippen LogP contribution >= 0.6 is 22.7 Å². The number of hydrogen-bond donors (Lipinski definition) is 2. The summed E-state index contributed by atoms with van der Waals surface area (Å²) in [5.41, 5.74) is 2.49. The van der Waals surface area contributed by atoms with E-state index >= 15 is 0 Å². The van der Waals surface area contributed by atoms with Gasteiger partial charge in [-0.2, -0.15) is 0 Å². The first kappa shape index (κ1) is 17.9. The van der Waals surface area contributed by atoms with Crippen LogP contribution in [0.4, 0.5) is 0 Å². The Kier molecular flexibility index (Phi) is 6.39. The van der Waals surface area contributed by atoms with Gasteiger partial charge in [0.1, 0.15) is 6.04 Å². The predicted molar refractivity (Wildman–Crippen MR) is 105 cm³/mol. The molecule has 0 saturated carbocycles. The maximum absolute atomic E-state index is 12.2. The van der Waals surface area contributed by atoms with Gasteiger partial charge in [-0.15, -0.1) is 22.7 Å². The van der Waals surface area contributed by atoms with E-state index in [-0.39, 0.29) is 11.9 Å². The van der Waals surface area contributed by atoms with Gasteiger partial charge in [-0.1, -0.05) is 42.0 Å². The van der Waals surface area contributed by atoms with Gasteiger partial charge in [0, 0.05) is 17.0 Å². The zero-order valence-electron chi connectivity index (χ0n) is 14.3. The average molecular weight is 372 g/mol. The fourth-order valence-electron chi connectivity index (χ4n) is 2.74. The third-order valence-corrected chi connectivity index (χ3v) is 5.99. The number of rotatable bonds is 8. The van der Waals surface area contributed by atoms with Crippen LogP contribution in [0.25, 0.3) is 0 Å². The van der Waals surface area contributed by atoms with Crippen molar-refractivity contribution in [1.82, 2.24) is 5.32 Å². The van der Waals surface area contributed by atoms with Crippen molar-refractivity contribution in [3.05, 3.63) is 80.2 Å². The fourth-order valence-corrected chi connectivity index (χ4v) is 4.29. The normalized spacial score (nSPS) is 12.0. The van der Waals surface area contributed by atoms with Crippen molar-refractivity contribution in [3.63, 3.8) is 0 Å². The summed E-state index contributed by atoms with van der Waals surface area (Å²) in [5.74, 6) is 0.0882.